The summed E-state index contributed by atoms with van der Waals surface area (Å²) in [6, 6.07) is 0. The molecule has 1 aromatic rings. The van der Waals surface area contributed by atoms with Crippen LogP contribution in [0.3, 0.4) is 0 Å². The number of nitrogens with one attached hydrogen (secondary N) is 1. The lowest BCUT2D eigenvalue weighted by Crippen LogP contribution is -2.28. The van der Waals surface area contributed by atoms with E-state index < -0.39 is 0 Å². The Hall–Kier alpha value is -0.900. The Morgan fingerprint density at radius 2 is 2.00 bits per heavy atom. The summed E-state index contributed by atoms with van der Waals surface area (Å²) in [5.74, 6) is 2.79. The lowest BCUT2D eigenvalue weighted by molar-refractivity contribution is 0.339. The van der Waals surface area contributed by atoms with Gasteiger partial charge in [0.05, 0.1) is 6.54 Å². The van der Waals surface area contributed by atoms with E-state index in [4.69, 9.17) is 0 Å². The van der Waals surface area contributed by atoms with Crippen LogP contribution >= 0.6 is 0 Å². The van der Waals surface area contributed by atoms with Crippen molar-refractivity contribution in [2.45, 2.75) is 52.5 Å². The van der Waals surface area contributed by atoms with Gasteiger partial charge in [-0.1, -0.05) is 19.3 Å². The molecule has 0 aliphatic heterocycles. The van der Waals surface area contributed by atoms with Crippen molar-refractivity contribution in [1.82, 2.24) is 20.1 Å². The fraction of sp³-hybridized carbons (Fsp3) is 0.846. The Labute approximate surface area is 104 Å². The molecule has 1 fully saturated rings. The minimum atomic E-state index is 0.870. The van der Waals surface area contributed by atoms with Crippen LogP contribution in [0.4, 0.5) is 0 Å². The van der Waals surface area contributed by atoms with E-state index in [0.717, 1.165) is 30.7 Å². The second kappa shape index (κ2) is 6.15. The molecule has 0 spiro atoms. The lowest BCUT2D eigenvalue weighted by Gasteiger charge is -2.21. The summed E-state index contributed by atoms with van der Waals surface area (Å²) >= 11 is 0. The molecule has 1 heterocycles. The molecule has 0 atom stereocenters. The fourth-order valence-corrected chi connectivity index (χ4v) is 2.66. The first kappa shape index (κ1) is 12.6. The lowest BCUT2D eigenvalue weighted by atomic mass is 9.89. The van der Waals surface area contributed by atoms with Crippen LogP contribution < -0.4 is 5.32 Å². The average Bonchev–Trinajstić information content (AvgIpc) is 2.65. The first-order chi connectivity index (χ1) is 8.25. The van der Waals surface area contributed by atoms with Gasteiger partial charge in [0.1, 0.15) is 11.6 Å². The molecule has 0 aromatic carbocycles. The maximum atomic E-state index is 4.36. The van der Waals surface area contributed by atoms with Crippen molar-refractivity contribution in [2.24, 2.45) is 5.92 Å². The second-order valence-electron chi connectivity index (χ2n) is 5.14. The van der Waals surface area contributed by atoms with Crippen molar-refractivity contribution in [3.8, 4) is 0 Å². The second-order valence-corrected chi connectivity index (χ2v) is 5.14. The van der Waals surface area contributed by atoms with E-state index in [1.165, 1.54) is 38.6 Å². The Balaban J connectivity index is 1.64. The molecule has 4 heteroatoms. The average molecular weight is 236 g/mol. The molecular formula is C13H24N4. The number of aryl methyl sites for hydroxylation is 2. The van der Waals surface area contributed by atoms with Gasteiger partial charge in [0.25, 0.3) is 0 Å². The van der Waals surface area contributed by atoms with Crippen molar-refractivity contribution in [1.29, 1.82) is 0 Å². The molecule has 0 amide bonds. The van der Waals surface area contributed by atoms with Crippen LogP contribution in [-0.2, 0) is 6.54 Å². The molecule has 0 bridgehead atoms. The van der Waals surface area contributed by atoms with E-state index >= 15 is 0 Å². The minimum Gasteiger partial charge on any atom is -0.315 e. The summed E-state index contributed by atoms with van der Waals surface area (Å²) in [4.78, 5) is 4.30. The molecule has 1 aromatic heterocycles. The topological polar surface area (TPSA) is 42.7 Å². The van der Waals surface area contributed by atoms with Crippen LogP contribution in [0.1, 0.15) is 43.8 Å². The SMILES string of the molecule is Cc1nc(C)n(CCNCC2CCCCC2)n1. The standard InChI is InChI=1S/C13H24N4/c1-11-15-12(2)17(16-11)9-8-14-10-13-6-4-3-5-7-13/h13-14H,3-10H2,1-2H3. The Morgan fingerprint density at radius 1 is 1.24 bits per heavy atom. The third-order valence-corrected chi connectivity index (χ3v) is 3.62. The van der Waals surface area contributed by atoms with Crippen molar-refractivity contribution < 1.29 is 0 Å². The van der Waals surface area contributed by atoms with Crippen LogP contribution in [0.15, 0.2) is 0 Å². The van der Waals surface area contributed by atoms with Gasteiger partial charge >= 0.3 is 0 Å². The van der Waals surface area contributed by atoms with Gasteiger partial charge in [0.2, 0.25) is 0 Å². The summed E-state index contributed by atoms with van der Waals surface area (Å²) in [6.45, 7) is 7.06. The molecule has 1 saturated carbocycles. The number of hydrogen-bond acceptors (Lipinski definition) is 3. The highest BCUT2D eigenvalue weighted by molar-refractivity contribution is 4.87. The van der Waals surface area contributed by atoms with Crippen LogP contribution in [0.2, 0.25) is 0 Å². The number of hydrogen-bond donors (Lipinski definition) is 1. The number of nitrogens with zero attached hydrogens (tertiary/aromatic N) is 3. The summed E-state index contributed by atoms with van der Waals surface area (Å²) in [5, 5.41) is 7.91. The van der Waals surface area contributed by atoms with E-state index in [-0.39, 0.29) is 0 Å². The van der Waals surface area contributed by atoms with Crippen LogP contribution in [0.25, 0.3) is 0 Å². The fourth-order valence-electron chi connectivity index (χ4n) is 2.66. The summed E-state index contributed by atoms with van der Waals surface area (Å²) in [5.41, 5.74) is 0. The zero-order valence-corrected chi connectivity index (χ0v) is 11.1. The molecule has 0 saturated heterocycles. The van der Waals surface area contributed by atoms with Crippen LogP contribution in [-0.4, -0.2) is 27.9 Å². The quantitative estimate of drug-likeness (QED) is 0.796. The molecule has 1 aliphatic rings. The smallest absolute Gasteiger partial charge is 0.147 e. The summed E-state index contributed by atoms with van der Waals surface area (Å²) < 4.78 is 1.99. The molecule has 0 radical (unpaired) electrons. The highest BCUT2D eigenvalue weighted by Gasteiger charge is 2.12. The van der Waals surface area contributed by atoms with Gasteiger partial charge in [0.15, 0.2) is 0 Å². The van der Waals surface area contributed by atoms with Gasteiger partial charge in [-0.25, -0.2) is 9.67 Å². The maximum Gasteiger partial charge on any atom is 0.147 e. The van der Waals surface area contributed by atoms with Gasteiger partial charge in [-0.05, 0) is 39.2 Å². The highest BCUT2D eigenvalue weighted by Crippen LogP contribution is 2.22. The molecule has 17 heavy (non-hydrogen) atoms. The molecule has 1 N–H and O–H groups in total. The van der Waals surface area contributed by atoms with Gasteiger partial charge in [-0.2, -0.15) is 5.10 Å². The molecule has 0 unspecified atom stereocenters. The molecule has 2 rings (SSSR count). The van der Waals surface area contributed by atoms with E-state index in [1.807, 2.05) is 18.5 Å². The zero-order chi connectivity index (χ0) is 12.1. The van der Waals surface area contributed by atoms with E-state index in [9.17, 15) is 0 Å². The Bertz CT molecular complexity index is 339. The van der Waals surface area contributed by atoms with E-state index in [2.05, 4.69) is 15.4 Å². The summed E-state index contributed by atoms with van der Waals surface area (Å²) in [6.07, 6.45) is 7.11. The van der Waals surface area contributed by atoms with Crippen molar-refractivity contribution in [2.75, 3.05) is 13.1 Å². The normalized spacial score (nSPS) is 17.5. The predicted molar refractivity (Wildman–Crippen MR) is 68.9 cm³/mol. The van der Waals surface area contributed by atoms with Gasteiger partial charge < -0.3 is 5.32 Å². The van der Waals surface area contributed by atoms with Crippen LogP contribution in [0.5, 0.6) is 0 Å². The van der Waals surface area contributed by atoms with Crippen molar-refractivity contribution in [3.63, 3.8) is 0 Å². The van der Waals surface area contributed by atoms with E-state index in [0.29, 0.717) is 0 Å². The largest absolute Gasteiger partial charge is 0.315 e. The third-order valence-electron chi connectivity index (χ3n) is 3.62. The third kappa shape index (κ3) is 3.80. The van der Waals surface area contributed by atoms with Gasteiger partial charge in [-0.15, -0.1) is 0 Å². The number of aromatic nitrogens is 3. The monoisotopic (exact) mass is 236 g/mol. The van der Waals surface area contributed by atoms with Crippen LogP contribution in [0, 0.1) is 19.8 Å². The van der Waals surface area contributed by atoms with Crippen molar-refractivity contribution >= 4 is 0 Å². The van der Waals surface area contributed by atoms with Crippen molar-refractivity contribution in [3.05, 3.63) is 11.6 Å². The highest BCUT2D eigenvalue weighted by atomic mass is 15.3. The molecule has 1 aliphatic carbocycles. The summed E-state index contributed by atoms with van der Waals surface area (Å²) in [7, 11) is 0. The Kier molecular flexibility index (Phi) is 4.54. The van der Waals surface area contributed by atoms with Gasteiger partial charge in [-0.3, -0.25) is 0 Å². The zero-order valence-electron chi connectivity index (χ0n) is 11.1. The predicted octanol–water partition coefficient (Wildman–Crippen LogP) is 2.06. The maximum absolute atomic E-state index is 4.36. The Morgan fingerprint density at radius 3 is 2.65 bits per heavy atom. The first-order valence-corrected chi connectivity index (χ1v) is 6.84. The number of rotatable bonds is 5. The van der Waals surface area contributed by atoms with E-state index in [1.54, 1.807) is 0 Å². The van der Waals surface area contributed by atoms with Gasteiger partial charge in [0, 0.05) is 6.54 Å². The first-order valence-electron chi connectivity index (χ1n) is 6.84. The molecule has 4 nitrogen and oxygen atoms in total. The minimum absolute atomic E-state index is 0.870. The molecular weight excluding hydrogens is 212 g/mol. The molecule has 96 valence electrons.